The van der Waals surface area contributed by atoms with Gasteiger partial charge in [0.15, 0.2) is 0 Å². The van der Waals surface area contributed by atoms with Gasteiger partial charge < -0.3 is 22.6 Å². The molecule has 0 saturated carbocycles. The fourth-order valence-electron chi connectivity index (χ4n) is 2.39. The number of hydrogen-bond acceptors (Lipinski definition) is 1. The maximum atomic E-state index is 11.8. The van der Waals surface area contributed by atoms with Gasteiger partial charge in [-0.2, -0.15) is 0 Å². The summed E-state index contributed by atoms with van der Waals surface area (Å²) in [5, 5.41) is 2.29. The molecule has 1 amide bonds. The smallest absolute Gasteiger partial charge is 0.222 e. The first kappa shape index (κ1) is 17.7. The Kier molecular flexibility index (Phi) is 11.6. The molecule has 1 aliphatic heterocycles. The maximum Gasteiger partial charge on any atom is 0.222 e. The van der Waals surface area contributed by atoms with Gasteiger partial charge in [-0.15, -0.1) is 0 Å². The summed E-state index contributed by atoms with van der Waals surface area (Å²) in [6.07, 6.45) is 9.79. The van der Waals surface area contributed by atoms with Gasteiger partial charge in [0, 0.05) is 6.42 Å². The highest BCUT2D eigenvalue weighted by Crippen LogP contribution is 2.09. The normalized spacial score (nSPS) is 15.3. The van der Waals surface area contributed by atoms with Gasteiger partial charge in [0.25, 0.3) is 0 Å². The molecule has 0 aromatic rings. The molecule has 0 unspecified atom stereocenters. The van der Waals surface area contributed by atoms with E-state index in [0.717, 1.165) is 39.0 Å². The van der Waals surface area contributed by atoms with Gasteiger partial charge in [-0.1, -0.05) is 45.4 Å². The lowest BCUT2D eigenvalue weighted by Gasteiger charge is -2.25. The number of rotatable bonds is 8. The average Bonchev–Trinajstić information content (AvgIpc) is 2.38. The van der Waals surface area contributed by atoms with E-state index in [1.165, 1.54) is 38.5 Å². The van der Waals surface area contributed by atoms with Crippen LogP contribution < -0.4 is 17.7 Å². The van der Waals surface area contributed by atoms with Gasteiger partial charge in [0.1, 0.15) is 0 Å². The van der Waals surface area contributed by atoms with Crippen LogP contribution in [-0.4, -0.2) is 37.0 Å². The molecule has 0 bridgehead atoms. The standard InChI is InChI=1S/C14H28N2O.ClH/c1-2-3-4-5-6-7-8-9-14(17)16-12-10-15-11-13-16;/h15H,2-13H2,1H3;1H. The van der Waals surface area contributed by atoms with Crippen LogP contribution in [0.4, 0.5) is 0 Å². The molecule has 0 atom stereocenters. The van der Waals surface area contributed by atoms with Crippen molar-refractivity contribution >= 4 is 5.91 Å². The lowest BCUT2D eigenvalue weighted by atomic mass is 10.1. The van der Waals surface area contributed by atoms with Gasteiger partial charge in [-0.3, -0.25) is 4.79 Å². The Morgan fingerprint density at radius 3 is 2.17 bits per heavy atom. The first-order valence-electron chi connectivity index (χ1n) is 7.44. The van der Waals surface area contributed by atoms with Crippen LogP contribution in [0.3, 0.4) is 0 Å². The number of unbranched alkanes of at least 4 members (excludes halogenated alkanes) is 6. The number of nitrogens with two attached hydrogens (primary N) is 1. The first-order chi connectivity index (χ1) is 8.34. The lowest BCUT2D eigenvalue weighted by molar-refractivity contribution is -0.662. The van der Waals surface area contributed by atoms with Crippen LogP contribution in [0.2, 0.25) is 0 Å². The van der Waals surface area contributed by atoms with Crippen LogP contribution in [0.5, 0.6) is 0 Å². The zero-order chi connectivity index (χ0) is 12.3. The molecule has 18 heavy (non-hydrogen) atoms. The number of amides is 1. The van der Waals surface area contributed by atoms with Gasteiger partial charge in [-0.25, -0.2) is 0 Å². The van der Waals surface area contributed by atoms with E-state index in [9.17, 15) is 4.79 Å². The topological polar surface area (TPSA) is 36.9 Å². The van der Waals surface area contributed by atoms with E-state index >= 15 is 0 Å². The Morgan fingerprint density at radius 1 is 1.00 bits per heavy atom. The molecule has 0 radical (unpaired) electrons. The van der Waals surface area contributed by atoms with Gasteiger partial charge in [-0.05, 0) is 6.42 Å². The van der Waals surface area contributed by atoms with E-state index in [1.54, 1.807) is 0 Å². The lowest BCUT2D eigenvalue weighted by Crippen LogP contribution is -3.00. The molecule has 0 aromatic heterocycles. The van der Waals surface area contributed by atoms with Crippen molar-refractivity contribution in [3.63, 3.8) is 0 Å². The largest absolute Gasteiger partial charge is 1.00 e. The highest BCUT2D eigenvalue weighted by molar-refractivity contribution is 5.76. The molecule has 0 aromatic carbocycles. The average molecular weight is 277 g/mol. The Bertz CT molecular complexity index is 206. The Hall–Kier alpha value is -0.280. The van der Waals surface area contributed by atoms with Crippen LogP contribution in [-0.2, 0) is 4.79 Å². The van der Waals surface area contributed by atoms with Crippen molar-refractivity contribution in [1.29, 1.82) is 0 Å². The van der Waals surface area contributed by atoms with E-state index in [-0.39, 0.29) is 12.4 Å². The molecule has 1 heterocycles. The predicted octanol–water partition coefficient (Wildman–Crippen LogP) is -1.46. The van der Waals surface area contributed by atoms with Crippen molar-refractivity contribution in [2.24, 2.45) is 0 Å². The molecule has 2 N–H and O–H groups in total. The summed E-state index contributed by atoms with van der Waals surface area (Å²) in [5.74, 6) is 0.381. The zero-order valence-corrected chi connectivity index (χ0v) is 12.6. The summed E-state index contributed by atoms with van der Waals surface area (Å²) >= 11 is 0. The highest BCUT2D eigenvalue weighted by atomic mass is 35.5. The summed E-state index contributed by atoms with van der Waals surface area (Å²) in [6.45, 7) is 6.32. The first-order valence-corrected chi connectivity index (χ1v) is 7.44. The van der Waals surface area contributed by atoms with Crippen LogP contribution in [0.1, 0.15) is 58.3 Å². The highest BCUT2D eigenvalue weighted by Gasteiger charge is 2.16. The monoisotopic (exact) mass is 276 g/mol. The van der Waals surface area contributed by atoms with Crippen LogP contribution in [0, 0.1) is 0 Å². The minimum absolute atomic E-state index is 0. The molecular formula is C14H29ClN2O. The third kappa shape index (κ3) is 7.93. The molecule has 0 aliphatic carbocycles. The molecule has 1 saturated heterocycles. The van der Waals surface area contributed by atoms with Crippen LogP contribution in [0.15, 0.2) is 0 Å². The number of nitrogens with zero attached hydrogens (tertiary/aromatic N) is 1. The maximum absolute atomic E-state index is 11.8. The number of quaternary nitrogens is 1. The van der Waals surface area contributed by atoms with Crippen LogP contribution in [0.25, 0.3) is 0 Å². The van der Waals surface area contributed by atoms with E-state index in [1.807, 2.05) is 4.90 Å². The summed E-state index contributed by atoms with van der Waals surface area (Å²) in [7, 11) is 0. The molecule has 3 nitrogen and oxygen atoms in total. The SMILES string of the molecule is CCCCCCCCCC(=O)N1CC[NH2+]CC1.[Cl-]. The third-order valence-corrected chi connectivity index (χ3v) is 3.55. The van der Waals surface area contributed by atoms with E-state index in [4.69, 9.17) is 0 Å². The van der Waals surface area contributed by atoms with E-state index < -0.39 is 0 Å². The minimum Gasteiger partial charge on any atom is -1.00 e. The Balaban J connectivity index is 0.00000289. The minimum atomic E-state index is 0. The molecule has 108 valence electrons. The van der Waals surface area contributed by atoms with Crippen molar-refractivity contribution in [3.05, 3.63) is 0 Å². The zero-order valence-electron chi connectivity index (χ0n) is 11.8. The van der Waals surface area contributed by atoms with Crippen molar-refractivity contribution in [3.8, 4) is 0 Å². The number of carbonyl (C=O) groups is 1. The Morgan fingerprint density at radius 2 is 1.56 bits per heavy atom. The van der Waals surface area contributed by atoms with Crippen molar-refractivity contribution in [1.82, 2.24) is 4.90 Å². The van der Waals surface area contributed by atoms with Crippen molar-refractivity contribution in [2.45, 2.75) is 58.3 Å². The number of hydrogen-bond donors (Lipinski definition) is 1. The van der Waals surface area contributed by atoms with E-state index in [2.05, 4.69) is 12.2 Å². The van der Waals surface area contributed by atoms with E-state index in [0.29, 0.717) is 5.91 Å². The number of halogens is 1. The Labute approximate surface area is 118 Å². The second kappa shape index (κ2) is 11.8. The quantitative estimate of drug-likeness (QED) is 0.541. The van der Waals surface area contributed by atoms with Crippen molar-refractivity contribution < 1.29 is 22.5 Å². The van der Waals surface area contributed by atoms with Gasteiger partial charge in [0.05, 0.1) is 26.2 Å². The number of carbonyl (C=O) groups excluding carboxylic acids is 1. The van der Waals surface area contributed by atoms with Gasteiger partial charge >= 0.3 is 0 Å². The summed E-state index contributed by atoms with van der Waals surface area (Å²) in [5.41, 5.74) is 0. The molecule has 1 aliphatic rings. The fourth-order valence-corrected chi connectivity index (χ4v) is 2.39. The second-order valence-corrected chi connectivity index (χ2v) is 5.12. The van der Waals surface area contributed by atoms with Crippen LogP contribution >= 0.6 is 0 Å². The fraction of sp³-hybridized carbons (Fsp3) is 0.929. The van der Waals surface area contributed by atoms with Crippen molar-refractivity contribution in [2.75, 3.05) is 26.2 Å². The summed E-state index contributed by atoms with van der Waals surface area (Å²) in [6, 6.07) is 0. The molecule has 4 heteroatoms. The molecule has 0 spiro atoms. The van der Waals surface area contributed by atoms with Gasteiger partial charge in [0.2, 0.25) is 5.91 Å². The summed E-state index contributed by atoms with van der Waals surface area (Å²) < 4.78 is 0. The predicted molar refractivity (Wildman–Crippen MR) is 70.8 cm³/mol. The second-order valence-electron chi connectivity index (χ2n) is 5.12. The summed E-state index contributed by atoms with van der Waals surface area (Å²) in [4.78, 5) is 13.9. The molecule has 1 rings (SSSR count). The number of piperazine rings is 1. The third-order valence-electron chi connectivity index (χ3n) is 3.55. The molecular weight excluding hydrogens is 248 g/mol. The molecule has 1 fully saturated rings.